The molecule has 0 fully saturated rings. The summed E-state index contributed by atoms with van der Waals surface area (Å²) < 4.78 is 1.37. The van der Waals surface area contributed by atoms with Gasteiger partial charge in [-0.3, -0.25) is 15.5 Å². The van der Waals surface area contributed by atoms with Gasteiger partial charge in [-0.2, -0.15) is 5.10 Å². The van der Waals surface area contributed by atoms with E-state index in [-0.39, 0.29) is 11.5 Å². The van der Waals surface area contributed by atoms with Gasteiger partial charge >= 0.3 is 5.69 Å². The van der Waals surface area contributed by atoms with Crippen LogP contribution in [0.2, 0.25) is 0 Å². The number of hydrogen-bond acceptors (Lipinski definition) is 5. The smallest absolute Gasteiger partial charge is 0.307 e. The minimum absolute atomic E-state index is 0.0882. The zero-order valence-corrected chi connectivity index (χ0v) is 11.6. The highest BCUT2D eigenvalue weighted by atomic mass is 32.2. The number of amidine groups is 1. The van der Waals surface area contributed by atoms with Gasteiger partial charge in [0.2, 0.25) is 0 Å². The largest absolute Gasteiger partial charge is 0.384 e. The molecule has 1 aromatic carbocycles. The first kappa shape index (κ1) is 14.1. The Bertz CT molecular complexity index is 668. The van der Waals surface area contributed by atoms with Crippen molar-refractivity contribution in [1.82, 2.24) is 9.78 Å². The van der Waals surface area contributed by atoms with Crippen LogP contribution in [-0.4, -0.2) is 26.3 Å². The van der Waals surface area contributed by atoms with Crippen molar-refractivity contribution in [1.29, 1.82) is 5.41 Å². The molecule has 104 valence electrons. The minimum atomic E-state index is -0.512. The van der Waals surface area contributed by atoms with Gasteiger partial charge in [-0.1, -0.05) is 13.0 Å². The van der Waals surface area contributed by atoms with Crippen LogP contribution in [0.15, 0.2) is 35.5 Å². The molecular formula is C12H13N5O2S. The van der Waals surface area contributed by atoms with Crippen molar-refractivity contribution in [3.63, 3.8) is 0 Å². The molecule has 1 heterocycles. The topological polar surface area (TPSA) is 111 Å². The first-order valence-electron chi connectivity index (χ1n) is 5.84. The van der Waals surface area contributed by atoms with Crippen LogP contribution in [0.5, 0.6) is 0 Å². The van der Waals surface area contributed by atoms with Crippen LogP contribution in [0.4, 0.5) is 5.69 Å². The van der Waals surface area contributed by atoms with Crippen LogP contribution in [0, 0.1) is 15.5 Å². The second-order valence-corrected chi connectivity index (χ2v) is 5.20. The van der Waals surface area contributed by atoms with Crippen LogP contribution in [0.3, 0.4) is 0 Å². The molecule has 0 radical (unpaired) electrons. The number of nitrogens with two attached hydrogens (primary N) is 1. The molecule has 0 aliphatic rings. The standard InChI is InChI=1S/C12H13N5O2S/c1-2-20-10-5-3-4-9(11(10)12(13)14)16-7-8(6-15-16)17(18)19/h3-7H,2H2,1H3,(H3,13,14). The number of nitrogen functional groups attached to an aromatic ring is 1. The molecule has 0 saturated carbocycles. The summed E-state index contributed by atoms with van der Waals surface area (Å²) in [6.45, 7) is 2.00. The molecule has 0 aliphatic carbocycles. The maximum Gasteiger partial charge on any atom is 0.307 e. The van der Waals surface area contributed by atoms with Crippen molar-refractivity contribution in [3.8, 4) is 5.69 Å². The number of nitrogens with zero attached hydrogens (tertiary/aromatic N) is 3. The van der Waals surface area contributed by atoms with Crippen LogP contribution in [-0.2, 0) is 0 Å². The Morgan fingerprint density at radius 1 is 1.60 bits per heavy atom. The average Bonchev–Trinajstić information content (AvgIpc) is 2.88. The summed E-state index contributed by atoms with van der Waals surface area (Å²) in [4.78, 5) is 11.1. The Morgan fingerprint density at radius 3 is 2.90 bits per heavy atom. The Labute approximate surface area is 119 Å². The van der Waals surface area contributed by atoms with Crippen molar-refractivity contribution in [2.45, 2.75) is 11.8 Å². The third-order valence-corrected chi connectivity index (χ3v) is 3.54. The van der Waals surface area contributed by atoms with Crippen molar-refractivity contribution in [3.05, 3.63) is 46.3 Å². The lowest BCUT2D eigenvalue weighted by Gasteiger charge is -2.12. The first-order chi connectivity index (χ1) is 9.54. The molecule has 2 rings (SSSR count). The SMILES string of the molecule is CCSc1cccc(-n2cc([N+](=O)[O-])cn2)c1C(=N)N. The fourth-order valence-corrected chi connectivity index (χ4v) is 2.64. The summed E-state index contributed by atoms with van der Waals surface area (Å²) in [7, 11) is 0. The van der Waals surface area contributed by atoms with Gasteiger partial charge in [-0.05, 0) is 17.9 Å². The average molecular weight is 291 g/mol. The monoisotopic (exact) mass is 291 g/mol. The van der Waals surface area contributed by atoms with E-state index in [9.17, 15) is 10.1 Å². The van der Waals surface area contributed by atoms with Gasteiger partial charge in [-0.25, -0.2) is 4.68 Å². The second kappa shape index (κ2) is 5.74. The highest BCUT2D eigenvalue weighted by Crippen LogP contribution is 2.27. The van der Waals surface area contributed by atoms with E-state index in [0.29, 0.717) is 11.3 Å². The maximum atomic E-state index is 10.7. The first-order valence-corrected chi connectivity index (χ1v) is 6.82. The quantitative estimate of drug-likeness (QED) is 0.288. The number of aromatic nitrogens is 2. The molecule has 0 amide bonds. The van der Waals surface area contributed by atoms with E-state index >= 15 is 0 Å². The van der Waals surface area contributed by atoms with Gasteiger partial charge < -0.3 is 5.73 Å². The third-order valence-electron chi connectivity index (χ3n) is 2.60. The highest BCUT2D eigenvalue weighted by Gasteiger charge is 2.16. The molecule has 0 spiro atoms. The van der Waals surface area contributed by atoms with Crippen LogP contribution in [0.25, 0.3) is 5.69 Å². The molecule has 0 aliphatic heterocycles. The Morgan fingerprint density at radius 2 is 2.35 bits per heavy atom. The van der Waals surface area contributed by atoms with Gasteiger partial charge in [-0.15, -0.1) is 11.8 Å². The van der Waals surface area contributed by atoms with Crippen molar-refractivity contribution < 1.29 is 4.92 Å². The summed E-state index contributed by atoms with van der Waals surface area (Å²) in [6, 6.07) is 5.41. The lowest BCUT2D eigenvalue weighted by atomic mass is 10.1. The molecule has 0 atom stereocenters. The fourth-order valence-electron chi connectivity index (χ4n) is 1.80. The molecular weight excluding hydrogens is 278 g/mol. The molecule has 0 unspecified atom stereocenters. The molecule has 2 aromatic rings. The summed E-state index contributed by atoms with van der Waals surface area (Å²) in [5, 5.41) is 22.4. The maximum absolute atomic E-state index is 10.7. The second-order valence-electron chi connectivity index (χ2n) is 3.90. The van der Waals surface area contributed by atoms with E-state index in [1.165, 1.54) is 17.1 Å². The van der Waals surface area contributed by atoms with E-state index in [2.05, 4.69) is 5.10 Å². The van der Waals surface area contributed by atoms with Gasteiger partial charge in [0.15, 0.2) is 0 Å². The molecule has 0 saturated heterocycles. The van der Waals surface area contributed by atoms with E-state index in [0.717, 1.165) is 10.6 Å². The normalized spacial score (nSPS) is 10.4. The van der Waals surface area contributed by atoms with Gasteiger partial charge in [0, 0.05) is 4.90 Å². The Kier molecular flexibility index (Phi) is 4.04. The number of thioether (sulfide) groups is 1. The summed E-state index contributed by atoms with van der Waals surface area (Å²) in [6.07, 6.45) is 2.48. The molecule has 20 heavy (non-hydrogen) atoms. The summed E-state index contributed by atoms with van der Waals surface area (Å²) in [5.74, 6) is 0.748. The van der Waals surface area contributed by atoms with Crippen molar-refractivity contribution in [2.24, 2.45) is 5.73 Å². The molecule has 8 heteroatoms. The number of benzene rings is 1. The zero-order chi connectivity index (χ0) is 14.7. The zero-order valence-electron chi connectivity index (χ0n) is 10.7. The van der Waals surface area contributed by atoms with Gasteiger partial charge in [0.05, 0.1) is 16.2 Å². The number of rotatable bonds is 5. The lowest BCUT2D eigenvalue weighted by Crippen LogP contribution is -2.16. The third kappa shape index (κ3) is 2.64. The fraction of sp³-hybridized carbons (Fsp3) is 0.167. The summed E-state index contributed by atoms with van der Waals surface area (Å²) in [5.41, 5.74) is 6.64. The summed E-state index contributed by atoms with van der Waals surface area (Å²) >= 11 is 1.56. The number of nitro groups is 1. The predicted molar refractivity (Wildman–Crippen MR) is 77.6 cm³/mol. The van der Waals surface area contributed by atoms with Gasteiger partial charge in [0.25, 0.3) is 0 Å². The molecule has 1 aromatic heterocycles. The van der Waals surface area contributed by atoms with Gasteiger partial charge in [0.1, 0.15) is 18.2 Å². The van der Waals surface area contributed by atoms with Crippen molar-refractivity contribution in [2.75, 3.05) is 5.75 Å². The Balaban J connectivity index is 2.57. The van der Waals surface area contributed by atoms with Crippen LogP contribution >= 0.6 is 11.8 Å². The minimum Gasteiger partial charge on any atom is -0.384 e. The van der Waals surface area contributed by atoms with E-state index in [4.69, 9.17) is 11.1 Å². The van der Waals surface area contributed by atoms with Crippen LogP contribution in [0.1, 0.15) is 12.5 Å². The van der Waals surface area contributed by atoms with Crippen LogP contribution < -0.4 is 5.73 Å². The lowest BCUT2D eigenvalue weighted by molar-refractivity contribution is -0.384. The number of hydrogen-bond donors (Lipinski definition) is 2. The van der Waals surface area contributed by atoms with E-state index in [1.54, 1.807) is 17.8 Å². The molecule has 7 nitrogen and oxygen atoms in total. The van der Waals surface area contributed by atoms with E-state index in [1.807, 2.05) is 19.1 Å². The van der Waals surface area contributed by atoms with E-state index < -0.39 is 4.92 Å². The van der Waals surface area contributed by atoms with Crippen molar-refractivity contribution >= 4 is 23.3 Å². The predicted octanol–water partition coefficient (Wildman–Crippen LogP) is 2.18. The highest BCUT2D eigenvalue weighted by molar-refractivity contribution is 7.99. The Hall–Kier alpha value is -2.35. The number of nitrogens with one attached hydrogen (secondary N) is 1. The molecule has 0 bridgehead atoms. The molecule has 3 N–H and O–H groups in total.